The number of fused-ring (bicyclic) bond motifs is 1. The molecular formula is C14H16N4OS. The lowest BCUT2D eigenvalue weighted by Crippen LogP contribution is -2.02. The second-order valence-electron chi connectivity index (χ2n) is 4.78. The van der Waals surface area contributed by atoms with Crippen LogP contribution in [0.2, 0.25) is 0 Å². The van der Waals surface area contributed by atoms with E-state index in [1.54, 1.807) is 17.7 Å². The number of aromatic nitrogens is 3. The Hall–Kier alpha value is -1.95. The van der Waals surface area contributed by atoms with Gasteiger partial charge in [0.15, 0.2) is 5.89 Å². The van der Waals surface area contributed by atoms with Crippen LogP contribution >= 0.6 is 11.3 Å². The summed E-state index contributed by atoms with van der Waals surface area (Å²) >= 11 is 1.69. The van der Waals surface area contributed by atoms with Crippen molar-refractivity contribution in [2.24, 2.45) is 0 Å². The van der Waals surface area contributed by atoms with Gasteiger partial charge in [-0.3, -0.25) is 0 Å². The molecule has 104 valence electrons. The third-order valence-electron chi connectivity index (χ3n) is 3.38. The van der Waals surface area contributed by atoms with Crippen molar-refractivity contribution in [2.75, 3.05) is 5.32 Å². The Bertz CT molecular complexity index is 775. The van der Waals surface area contributed by atoms with Crippen molar-refractivity contribution in [3.8, 4) is 0 Å². The predicted octanol–water partition coefficient (Wildman–Crippen LogP) is 3.53. The Labute approximate surface area is 121 Å². The van der Waals surface area contributed by atoms with Crippen molar-refractivity contribution in [1.29, 1.82) is 0 Å². The van der Waals surface area contributed by atoms with Gasteiger partial charge in [0.1, 0.15) is 22.7 Å². The molecule has 0 saturated carbocycles. The van der Waals surface area contributed by atoms with Crippen LogP contribution in [0, 0.1) is 27.7 Å². The van der Waals surface area contributed by atoms with Gasteiger partial charge in [0.2, 0.25) is 0 Å². The van der Waals surface area contributed by atoms with Crippen LogP contribution in [0.1, 0.15) is 27.8 Å². The van der Waals surface area contributed by atoms with Crippen LogP contribution in [-0.2, 0) is 6.54 Å². The summed E-state index contributed by atoms with van der Waals surface area (Å²) in [7, 11) is 0. The molecule has 20 heavy (non-hydrogen) atoms. The zero-order valence-corrected chi connectivity index (χ0v) is 12.8. The molecule has 3 aromatic rings. The topological polar surface area (TPSA) is 63.8 Å². The number of hydrogen-bond acceptors (Lipinski definition) is 6. The standard InChI is InChI=1S/C14H16N4OS/c1-7-9(3)20-14-12(7)13(16-6-17-14)15-5-11-8(2)18-10(4)19-11/h6H,5H2,1-4H3,(H,15,16,17). The molecule has 0 spiro atoms. The van der Waals surface area contributed by atoms with E-state index in [2.05, 4.69) is 34.1 Å². The number of hydrogen-bond donors (Lipinski definition) is 1. The van der Waals surface area contributed by atoms with Gasteiger partial charge in [-0.2, -0.15) is 0 Å². The molecule has 0 aliphatic carbocycles. The van der Waals surface area contributed by atoms with E-state index < -0.39 is 0 Å². The molecule has 0 aliphatic rings. The fourth-order valence-electron chi connectivity index (χ4n) is 2.22. The lowest BCUT2D eigenvalue weighted by molar-refractivity contribution is 0.480. The first kappa shape index (κ1) is 13.1. The number of oxazole rings is 1. The number of nitrogens with one attached hydrogen (secondary N) is 1. The highest BCUT2D eigenvalue weighted by Crippen LogP contribution is 2.32. The van der Waals surface area contributed by atoms with E-state index in [1.807, 2.05) is 13.8 Å². The first-order valence-corrected chi connectivity index (χ1v) is 7.25. The van der Waals surface area contributed by atoms with E-state index in [4.69, 9.17) is 4.42 Å². The van der Waals surface area contributed by atoms with E-state index in [9.17, 15) is 0 Å². The molecule has 3 rings (SSSR count). The molecule has 3 aromatic heterocycles. The number of aryl methyl sites for hydroxylation is 4. The fraction of sp³-hybridized carbons (Fsp3) is 0.357. The molecule has 0 fully saturated rings. The van der Waals surface area contributed by atoms with E-state index >= 15 is 0 Å². The van der Waals surface area contributed by atoms with Crippen LogP contribution in [0.4, 0.5) is 5.82 Å². The van der Waals surface area contributed by atoms with Gasteiger partial charge in [-0.1, -0.05) is 0 Å². The van der Waals surface area contributed by atoms with Crippen LogP contribution in [-0.4, -0.2) is 15.0 Å². The predicted molar refractivity (Wildman–Crippen MR) is 80.2 cm³/mol. The zero-order valence-electron chi connectivity index (χ0n) is 11.9. The summed E-state index contributed by atoms with van der Waals surface area (Å²) < 4.78 is 5.57. The minimum absolute atomic E-state index is 0.577. The Morgan fingerprint density at radius 2 is 2.00 bits per heavy atom. The SMILES string of the molecule is Cc1nc(C)c(CNc2ncnc3sc(C)c(C)c23)o1. The molecule has 6 heteroatoms. The Balaban J connectivity index is 1.93. The first-order chi connectivity index (χ1) is 9.56. The van der Waals surface area contributed by atoms with Gasteiger partial charge in [0, 0.05) is 11.8 Å². The quantitative estimate of drug-likeness (QED) is 0.798. The normalized spacial score (nSPS) is 11.2. The largest absolute Gasteiger partial charge is 0.444 e. The van der Waals surface area contributed by atoms with Crippen LogP contribution in [0.25, 0.3) is 10.2 Å². The van der Waals surface area contributed by atoms with E-state index in [0.717, 1.165) is 27.5 Å². The molecule has 0 unspecified atom stereocenters. The van der Waals surface area contributed by atoms with Crippen molar-refractivity contribution in [2.45, 2.75) is 34.2 Å². The van der Waals surface area contributed by atoms with E-state index in [1.165, 1.54) is 10.4 Å². The summed E-state index contributed by atoms with van der Waals surface area (Å²) in [5.74, 6) is 2.39. The van der Waals surface area contributed by atoms with Crippen molar-refractivity contribution in [3.63, 3.8) is 0 Å². The van der Waals surface area contributed by atoms with Gasteiger partial charge in [0.25, 0.3) is 0 Å². The number of anilines is 1. The van der Waals surface area contributed by atoms with Crippen LogP contribution in [0.3, 0.4) is 0 Å². The Kier molecular flexibility index (Phi) is 3.17. The van der Waals surface area contributed by atoms with Crippen LogP contribution in [0.5, 0.6) is 0 Å². The third kappa shape index (κ3) is 2.16. The Morgan fingerprint density at radius 1 is 1.20 bits per heavy atom. The molecule has 3 heterocycles. The minimum Gasteiger partial charge on any atom is -0.444 e. The van der Waals surface area contributed by atoms with Gasteiger partial charge in [-0.15, -0.1) is 11.3 Å². The average molecular weight is 288 g/mol. The second kappa shape index (κ2) is 4.86. The summed E-state index contributed by atoms with van der Waals surface area (Å²) in [6.45, 7) is 8.59. The lowest BCUT2D eigenvalue weighted by Gasteiger charge is -2.05. The molecule has 0 bridgehead atoms. The summed E-state index contributed by atoms with van der Waals surface area (Å²) in [6.07, 6.45) is 1.60. The van der Waals surface area contributed by atoms with Gasteiger partial charge >= 0.3 is 0 Å². The second-order valence-corrected chi connectivity index (χ2v) is 5.98. The number of thiophene rings is 1. The summed E-state index contributed by atoms with van der Waals surface area (Å²) in [4.78, 5) is 15.2. The molecular weight excluding hydrogens is 272 g/mol. The molecule has 5 nitrogen and oxygen atoms in total. The lowest BCUT2D eigenvalue weighted by atomic mass is 10.2. The van der Waals surface area contributed by atoms with Gasteiger partial charge in [-0.05, 0) is 26.3 Å². The number of nitrogens with zero attached hydrogens (tertiary/aromatic N) is 3. The van der Waals surface area contributed by atoms with Crippen molar-refractivity contribution >= 4 is 27.4 Å². The first-order valence-electron chi connectivity index (χ1n) is 6.43. The molecule has 0 saturated heterocycles. The summed E-state index contributed by atoms with van der Waals surface area (Å²) in [5.41, 5.74) is 2.15. The molecule has 0 amide bonds. The Morgan fingerprint density at radius 3 is 2.70 bits per heavy atom. The monoisotopic (exact) mass is 288 g/mol. The van der Waals surface area contributed by atoms with E-state index in [-0.39, 0.29) is 0 Å². The smallest absolute Gasteiger partial charge is 0.191 e. The zero-order chi connectivity index (χ0) is 14.3. The van der Waals surface area contributed by atoms with Crippen LogP contribution in [0.15, 0.2) is 10.7 Å². The van der Waals surface area contributed by atoms with Crippen molar-refractivity contribution in [3.05, 3.63) is 34.1 Å². The maximum absolute atomic E-state index is 5.57. The van der Waals surface area contributed by atoms with E-state index in [0.29, 0.717) is 12.4 Å². The summed E-state index contributed by atoms with van der Waals surface area (Å²) in [5, 5.41) is 4.43. The molecule has 0 aliphatic heterocycles. The maximum atomic E-state index is 5.57. The highest BCUT2D eigenvalue weighted by molar-refractivity contribution is 7.18. The third-order valence-corrected chi connectivity index (χ3v) is 4.50. The van der Waals surface area contributed by atoms with Crippen molar-refractivity contribution in [1.82, 2.24) is 15.0 Å². The molecule has 0 atom stereocenters. The number of rotatable bonds is 3. The van der Waals surface area contributed by atoms with Crippen LogP contribution < -0.4 is 5.32 Å². The average Bonchev–Trinajstić information content (AvgIpc) is 2.88. The highest BCUT2D eigenvalue weighted by atomic mass is 32.1. The van der Waals surface area contributed by atoms with Crippen molar-refractivity contribution < 1.29 is 4.42 Å². The maximum Gasteiger partial charge on any atom is 0.191 e. The van der Waals surface area contributed by atoms with Gasteiger partial charge in [-0.25, -0.2) is 15.0 Å². The molecule has 0 radical (unpaired) electrons. The molecule has 0 aromatic carbocycles. The van der Waals surface area contributed by atoms with Gasteiger partial charge in [0.05, 0.1) is 17.6 Å². The highest BCUT2D eigenvalue weighted by Gasteiger charge is 2.13. The molecule has 1 N–H and O–H groups in total. The van der Waals surface area contributed by atoms with Gasteiger partial charge < -0.3 is 9.73 Å². The summed E-state index contributed by atoms with van der Waals surface area (Å²) in [6, 6.07) is 0. The fourth-order valence-corrected chi connectivity index (χ4v) is 3.21. The minimum atomic E-state index is 0.577.